The third kappa shape index (κ3) is 6.61. The number of nitrogens with zero attached hydrogens (tertiary/aromatic N) is 1. The molecule has 1 atom stereocenters. The summed E-state index contributed by atoms with van der Waals surface area (Å²) in [7, 11) is 3.23. The molecule has 0 fully saturated rings. The van der Waals surface area contributed by atoms with E-state index in [1.165, 1.54) is 0 Å². The molecule has 0 saturated heterocycles. The normalized spacial score (nSPS) is 11.4. The molecule has 178 valence electrons. The van der Waals surface area contributed by atoms with Gasteiger partial charge in [0.1, 0.15) is 17.5 Å². The summed E-state index contributed by atoms with van der Waals surface area (Å²) in [5.41, 5.74) is 2.64. The molecule has 34 heavy (non-hydrogen) atoms. The lowest BCUT2D eigenvalue weighted by Gasteiger charge is -2.31. The van der Waals surface area contributed by atoms with Gasteiger partial charge in [-0.05, 0) is 47.4 Å². The molecule has 0 saturated carbocycles. The second kappa shape index (κ2) is 12.4. The highest BCUT2D eigenvalue weighted by Gasteiger charge is 2.31. The van der Waals surface area contributed by atoms with Gasteiger partial charge in [0.25, 0.3) is 0 Å². The summed E-state index contributed by atoms with van der Waals surface area (Å²) >= 11 is 0. The zero-order valence-electron chi connectivity index (χ0n) is 20.0. The van der Waals surface area contributed by atoms with Crippen molar-refractivity contribution in [1.29, 1.82) is 0 Å². The Bertz CT molecular complexity index is 1050. The van der Waals surface area contributed by atoms with E-state index in [0.29, 0.717) is 25.9 Å². The summed E-state index contributed by atoms with van der Waals surface area (Å²) in [6.07, 6.45) is 1.07. The minimum Gasteiger partial charge on any atom is -0.497 e. The summed E-state index contributed by atoms with van der Waals surface area (Å²) in [6.45, 7) is 2.63. The molecule has 0 radical (unpaired) electrons. The number of methoxy groups -OCH3 is 2. The van der Waals surface area contributed by atoms with E-state index in [2.05, 4.69) is 5.32 Å². The summed E-state index contributed by atoms with van der Waals surface area (Å²) in [5.74, 6) is 1.21. The van der Waals surface area contributed by atoms with Gasteiger partial charge in [-0.15, -0.1) is 0 Å². The zero-order chi connectivity index (χ0) is 24.3. The lowest BCUT2D eigenvalue weighted by Crippen LogP contribution is -2.43. The minimum atomic E-state index is -0.749. The molecule has 0 aliphatic rings. The van der Waals surface area contributed by atoms with Gasteiger partial charge in [0.15, 0.2) is 0 Å². The topological polar surface area (TPSA) is 67.9 Å². The predicted octanol–water partition coefficient (Wildman–Crippen LogP) is 4.89. The van der Waals surface area contributed by atoms with Crippen molar-refractivity contribution in [3.05, 3.63) is 95.6 Å². The lowest BCUT2D eigenvalue weighted by atomic mass is 10.0. The van der Waals surface area contributed by atoms with Crippen molar-refractivity contribution in [2.24, 2.45) is 0 Å². The Labute approximate surface area is 201 Å². The monoisotopic (exact) mass is 460 g/mol. The molecule has 1 N–H and O–H groups in total. The molecule has 3 rings (SSSR count). The van der Waals surface area contributed by atoms with E-state index in [4.69, 9.17) is 9.47 Å². The van der Waals surface area contributed by atoms with Crippen LogP contribution in [0.25, 0.3) is 0 Å². The smallest absolute Gasteiger partial charge is 0.247 e. The van der Waals surface area contributed by atoms with Gasteiger partial charge in [0, 0.05) is 19.5 Å². The molecule has 0 aliphatic heterocycles. The minimum absolute atomic E-state index is 0.0632. The third-order valence-electron chi connectivity index (χ3n) is 5.60. The van der Waals surface area contributed by atoms with Crippen molar-refractivity contribution in [2.45, 2.75) is 38.9 Å². The Balaban J connectivity index is 1.88. The SMILES string of the molecule is CCCC(=O)N(Cc1ccc(OC)cc1)[C@H](C(=O)NCc1ccc(OC)cc1)c1ccccc1. The van der Waals surface area contributed by atoms with Gasteiger partial charge in [-0.25, -0.2) is 0 Å². The molecular weight excluding hydrogens is 428 g/mol. The summed E-state index contributed by atoms with van der Waals surface area (Å²) in [4.78, 5) is 28.4. The number of ether oxygens (including phenoxy) is 2. The van der Waals surface area contributed by atoms with Crippen LogP contribution in [0.15, 0.2) is 78.9 Å². The molecule has 3 aromatic rings. The number of rotatable bonds is 11. The Morgan fingerprint density at radius 2 is 1.38 bits per heavy atom. The van der Waals surface area contributed by atoms with Gasteiger partial charge in [0.2, 0.25) is 11.8 Å². The molecule has 0 unspecified atom stereocenters. The highest BCUT2D eigenvalue weighted by Crippen LogP contribution is 2.26. The first-order chi connectivity index (χ1) is 16.5. The number of carbonyl (C=O) groups is 2. The van der Waals surface area contributed by atoms with Crippen LogP contribution in [-0.4, -0.2) is 30.9 Å². The maximum atomic E-state index is 13.5. The Morgan fingerprint density at radius 1 is 0.824 bits per heavy atom. The highest BCUT2D eigenvalue weighted by molar-refractivity contribution is 5.88. The van der Waals surface area contributed by atoms with Gasteiger partial charge in [-0.2, -0.15) is 0 Å². The largest absolute Gasteiger partial charge is 0.497 e. The molecule has 6 heteroatoms. The van der Waals surface area contributed by atoms with Crippen LogP contribution in [0.3, 0.4) is 0 Å². The van der Waals surface area contributed by atoms with Gasteiger partial charge in [-0.1, -0.05) is 61.5 Å². The van der Waals surface area contributed by atoms with E-state index in [1.807, 2.05) is 85.8 Å². The van der Waals surface area contributed by atoms with E-state index in [-0.39, 0.29) is 11.8 Å². The average molecular weight is 461 g/mol. The van der Waals surface area contributed by atoms with E-state index < -0.39 is 6.04 Å². The van der Waals surface area contributed by atoms with Crippen LogP contribution in [0.1, 0.15) is 42.5 Å². The van der Waals surface area contributed by atoms with E-state index in [0.717, 1.165) is 28.2 Å². The van der Waals surface area contributed by atoms with E-state index in [1.54, 1.807) is 19.1 Å². The number of amides is 2. The summed E-state index contributed by atoms with van der Waals surface area (Å²) in [6, 6.07) is 23.8. The van der Waals surface area contributed by atoms with Crippen LogP contribution in [-0.2, 0) is 22.7 Å². The van der Waals surface area contributed by atoms with Crippen molar-refractivity contribution in [2.75, 3.05) is 14.2 Å². The Hall–Kier alpha value is -3.80. The van der Waals surface area contributed by atoms with Gasteiger partial charge in [0.05, 0.1) is 14.2 Å². The van der Waals surface area contributed by atoms with Crippen LogP contribution in [0.2, 0.25) is 0 Å². The fraction of sp³-hybridized carbons (Fsp3) is 0.286. The molecule has 0 bridgehead atoms. The first kappa shape index (κ1) is 24.8. The number of nitrogens with one attached hydrogen (secondary N) is 1. The Morgan fingerprint density at radius 3 is 1.91 bits per heavy atom. The van der Waals surface area contributed by atoms with Gasteiger partial charge < -0.3 is 19.7 Å². The first-order valence-corrected chi connectivity index (χ1v) is 11.4. The number of hydrogen-bond acceptors (Lipinski definition) is 4. The standard InChI is InChI=1S/C28H32N2O4/c1-4-8-26(31)30(20-22-13-17-25(34-3)18-14-22)27(23-9-6-5-7-10-23)28(32)29-19-21-11-15-24(33-2)16-12-21/h5-7,9-18,27H,4,8,19-20H2,1-3H3,(H,29,32)/t27-/m0/s1. The summed E-state index contributed by atoms with van der Waals surface area (Å²) in [5, 5.41) is 3.02. The molecule has 0 heterocycles. The van der Waals surface area contributed by atoms with Gasteiger partial charge in [-0.3, -0.25) is 9.59 Å². The predicted molar refractivity (Wildman–Crippen MR) is 132 cm³/mol. The first-order valence-electron chi connectivity index (χ1n) is 11.4. The second-order valence-corrected chi connectivity index (χ2v) is 8.00. The maximum Gasteiger partial charge on any atom is 0.247 e. The van der Waals surface area contributed by atoms with Crippen LogP contribution in [0, 0.1) is 0 Å². The average Bonchev–Trinajstić information content (AvgIpc) is 2.88. The van der Waals surface area contributed by atoms with Crippen LogP contribution >= 0.6 is 0 Å². The number of benzene rings is 3. The molecule has 0 spiro atoms. The summed E-state index contributed by atoms with van der Waals surface area (Å²) < 4.78 is 10.5. The highest BCUT2D eigenvalue weighted by atomic mass is 16.5. The fourth-order valence-electron chi connectivity index (χ4n) is 3.75. The number of hydrogen-bond donors (Lipinski definition) is 1. The lowest BCUT2D eigenvalue weighted by molar-refractivity contribution is -0.141. The van der Waals surface area contributed by atoms with Crippen LogP contribution < -0.4 is 14.8 Å². The van der Waals surface area contributed by atoms with E-state index >= 15 is 0 Å². The Kier molecular flexibility index (Phi) is 9.09. The van der Waals surface area contributed by atoms with Crippen molar-refractivity contribution in [3.8, 4) is 11.5 Å². The quantitative estimate of drug-likeness (QED) is 0.442. The van der Waals surface area contributed by atoms with Gasteiger partial charge >= 0.3 is 0 Å². The molecule has 6 nitrogen and oxygen atoms in total. The van der Waals surface area contributed by atoms with Crippen molar-refractivity contribution in [3.63, 3.8) is 0 Å². The molecule has 2 amide bonds. The molecular formula is C28H32N2O4. The van der Waals surface area contributed by atoms with Crippen molar-refractivity contribution >= 4 is 11.8 Å². The second-order valence-electron chi connectivity index (χ2n) is 8.00. The molecule has 3 aromatic carbocycles. The molecule has 0 aliphatic carbocycles. The van der Waals surface area contributed by atoms with Crippen LogP contribution in [0.4, 0.5) is 0 Å². The fourth-order valence-corrected chi connectivity index (χ4v) is 3.75. The zero-order valence-corrected chi connectivity index (χ0v) is 20.0. The van der Waals surface area contributed by atoms with Crippen LogP contribution in [0.5, 0.6) is 11.5 Å². The van der Waals surface area contributed by atoms with Crippen molar-refractivity contribution in [1.82, 2.24) is 10.2 Å². The van der Waals surface area contributed by atoms with E-state index in [9.17, 15) is 9.59 Å². The number of carbonyl (C=O) groups excluding carboxylic acids is 2. The maximum absolute atomic E-state index is 13.5. The van der Waals surface area contributed by atoms with Crippen molar-refractivity contribution < 1.29 is 19.1 Å². The third-order valence-corrected chi connectivity index (χ3v) is 5.60. The molecule has 0 aromatic heterocycles.